The Hall–Kier alpha value is -2.15. The molecule has 3 rings (SSSR count). The fraction of sp³-hybridized carbons (Fsp3) is 0.154. The van der Waals surface area contributed by atoms with Gasteiger partial charge in [0.05, 0.1) is 21.8 Å². The molecule has 1 aromatic heterocycles. The van der Waals surface area contributed by atoms with Crippen LogP contribution in [0.4, 0.5) is 10.1 Å². The first-order chi connectivity index (χ1) is 9.45. The van der Waals surface area contributed by atoms with Crippen molar-refractivity contribution in [2.24, 2.45) is 0 Å². The molecule has 1 N–H and O–H groups in total. The largest absolute Gasteiger partial charge is 0.436 e. The fourth-order valence-corrected chi connectivity index (χ4v) is 2.68. The summed E-state index contributed by atoms with van der Waals surface area (Å²) in [6.45, 7) is 3.56. The minimum atomic E-state index is -0.746. The van der Waals surface area contributed by atoms with Crippen LogP contribution in [0, 0.1) is 19.7 Å². The molecule has 1 aliphatic heterocycles. The summed E-state index contributed by atoms with van der Waals surface area (Å²) in [7, 11) is 0. The third-order valence-electron chi connectivity index (χ3n) is 2.98. The van der Waals surface area contributed by atoms with Crippen molar-refractivity contribution in [2.45, 2.75) is 24.0 Å². The quantitative estimate of drug-likeness (QED) is 0.862. The number of halogens is 1. The molecule has 102 valence electrons. The molecule has 5 nitrogen and oxygen atoms in total. The van der Waals surface area contributed by atoms with Crippen molar-refractivity contribution in [1.29, 1.82) is 0 Å². The lowest BCUT2D eigenvalue weighted by molar-refractivity contribution is -0.112. The molecule has 2 aromatic rings. The molecule has 0 atom stereocenters. The summed E-state index contributed by atoms with van der Waals surface area (Å²) in [6.07, 6.45) is 0. The van der Waals surface area contributed by atoms with Gasteiger partial charge in [-0.1, -0.05) is 0 Å². The summed E-state index contributed by atoms with van der Waals surface area (Å²) >= 11 is 1.00. The second-order valence-electron chi connectivity index (χ2n) is 4.33. The van der Waals surface area contributed by atoms with Gasteiger partial charge in [-0.2, -0.15) is 0 Å². The molecule has 1 amide bonds. The summed E-state index contributed by atoms with van der Waals surface area (Å²) in [5, 5.41) is 2.71. The summed E-state index contributed by atoms with van der Waals surface area (Å²) < 4.78 is 19.3. The Bertz CT molecular complexity index is 735. The van der Waals surface area contributed by atoms with Gasteiger partial charge in [-0.25, -0.2) is 9.37 Å². The minimum Gasteiger partial charge on any atom is -0.436 e. The van der Waals surface area contributed by atoms with Crippen molar-refractivity contribution < 1.29 is 18.4 Å². The van der Waals surface area contributed by atoms with Gasteiger partial charge < -0.3 is 9.73 Å². The highest BCUT2D eigenvalue weighted by Gasteiger charge is 2.29. The number of amides is 1. The molecular formula is C13H9FN2O3S. The van der Waals surface area contributed by atoms with Crippen LogP contribution in [0.3, 0.4) is 0 Å². The summed E-state index contributed by atoms with van der Waals surface area (Å²) in [6, 6.07) is 2.47. The van der Waals surface area contributed by atoms with E-state index < -0.39 is 17.5 Å². The van der Waals surface area contributed by atoms with Gasteiger partial charge in [-0.05, 0) is 37.7 Å². The average Bonchev–Trinajstić information content (AvgIpc) is 2.83. The lowest BCUT2D eigenvalue weighted by Crippen LogP contribution is -2.12. The van der Waals surface area contributed by atoms with Crippen LogP contribution in [0.2, 0.25) is 0 Å². The number of hydrogen-bond acceptors (Lipinski definition) is 5. The first-order valence-corrected chi connectivity index (χ1v) is 6.58. The van der Waals surface area contributed by atoms with E-state index in [0.29, 0.717) is 16.7 Å². The predicted molar refractivity (Wildman–Crippen MR) is 69.5 cm³/mol. The number of carbonyl (C=O) groups is 2. The number of anilines is 1. The van der Waals surface area contributed by atoms with E-state index in [1.165, 1.54) is 6.07 Å². The number of rotatable bonds is 2. The van der Waals surface area contributed by atoms with Crippen LogP contribution in [0.1, 0.15) is 21.8 Å². The van der Waals surface area contributed by atoms with Crippen molar-refractivity contribution in [3.8, 4) is 0 Å². The van der Waals surface area contributed by atoms with Crippen molar-refractivity contribution in [3.05, 3.63) is 35.0 Å². The van der Waals surface area contributed by atoms with Gasteiger partial charge in [0.25, 0.3) is 16.9 Å². The lowest BCUT2D eigenvalue weighted by atomic mass is 10.1. The summed E-state index contributed by atoms with van der Waals surface area (Å²) in [5.41, 5.74) is 1.10. The first kappa shape index (κ1) is 12.9. The van der Waals surface area contributed by atoms with Gasteiger partial charge >= 0.3 is 0 Å². The topological polar surface area (TPSA) is 72.2 Å². The maximum atomic E-state index is 14.0. The first-order valence-electron chi connectivity index (χ1n) is 5.77. The predicted octanol–water partition coefficient (Wildman–Crippen LogP) is 2.72. The molecule has 0 unspecified atom stereocenters. The van der Waals surface area contributed by atoms with Crippen LogP contribution in [0.5, 0.6) is 0 Å². The summed E-state index contributed by atoms with van der Waals surface area (Å²) in [5.74, 6) is -1.40. The number of fused-ring (bicyclic) bond motifs is 1. The van der Waals surface area contributed by atoms with Crippen molar-refractivity contribution in [2.75, 3.05) is 5.32 Å². The Labute approximate surface area is 117 Å². The van der Waals surface area contributed by atoms with E-state index in [1.807, 2.05) is 0 Å². The van der Waals surface area contributed by atoms with Gasteiger partial charge in [0, 0.05) is 0 Å². The highest BCUT2D eigenvalue weighted by Crippen LogP contribution is 2.35. The monoisotopic (exact) mass is 292 g/mol. The van der Waals surface area contributed by atoms with Gasteiger partial charge in [0.1, 0.15) is 11.6 Å². The second-order valence-corrected chi connectivity index (χ2v) is 5.33. The van der Waals surface area contributed by atoms with E-state index in [2.05, 4.69) is 10.3 Å². The van der Waals surface area contributed by atoms with Gasteiger partial charge in [0.15, 0.2) is 0 Å². The molecule has 0 spiro atoms. The maximum absolute atomic E-state index is 14.0. The number of carbonyl (C=O) groups excluding carboxylic acids is 2. The lowest BCUT2D eigenvalue weighted by Gasteiger charge is -2.03. The Morgan fingerprint density at radius 1 is 1.30 bits per heavy atom. The Kier molecular flexibility index (Phi) is 2.86. The number of oxazole rings is 1. The Morgan fingerprint density at radius 2 is 2.05 bits per heavy atom. The van der Waals surface area contributed by atoms with Crippen LogP contribution in [0.15, 0.2) is 26.7 Å². The van der Waals surface area contributed by atoms with Crippen molar-refractivity contribution in [3.63, 3.8) is 0 Å². The van der Waals surface area contributed by atoms with E-state index in [4.69, 9.17) is 4.42 Å². The van der Waals surface area contributed by atoms with Gasteiger partial charge in [0.2, 0.25) is 0 Å². The molecule has 1 aromatic carbocycles. The fourth-order valence-electron chi connectivity index (χ4n) is 1.81. The number of benzene rings is 1. The number of nitrogens with zero attached hydrogens (tertiary/aromatic N) is 1. The number of ketones is 1. The highest BCUT2D eigenvalue weighted by molar-refractivity contribution is 7.99. The van der Waals surface area contributed by atoms with Crippen molar-refractivity contribution in [1.82, 2.24) is 4.98 Å². The molecule has 2 heterocycles. The van der Waals surface area contributed by atoms with E-state index in [-0.39, 0.29) is 10.5 Å². The average molecular weight is 292 g/mol. The Balaban J connectivity index is 1.98. The van der Waals surface area contributed by atoms with Crippen molar-refractivity contribution >= 4 is 29.1 Å². The standard InChI is InChI=1S/C13H9FN2O3S/c1-5-6(2)19-13(15-5)20-10-4-9-7(3-8(10)14)11(17)12(18)16-9/h3-4H,1-2H3,(H,16,17,18). The van der Waals surface area contributed by atoms with Crippen LogP contribution in [-0.4, -0.2) is 16.7 Å². The number of aromatic nitrogens is 1. The van der Waals surface area contributed by atoms with Crippen LogP contribution < -0.4 is 5.32 Å². The highest BCUT2D eigenvalue weighted by atomic mass is 32.2. The molecule has 0 fully saturated rings. The number of hydrogen-bond donors (Lipinski definition) is 1. The zero-order valence-electron chi connectivity index (χ0n) is 10.6. The van der Waals surface area contributed by atoms with Gasteiger partial charge in [-0.3, -0.25) is 9.59 Å². The second kappa shape index (κ2) is 4.45. The molecule has 0 aliphatic carbocycles. The molecule has 0 saturated heterocycles. The van der Waals surface area contributed by atoms with Crippen LogP contribution in [-0.2, 0) is 4.79 Å². The molecule has 0 radical (unpaired) electrons. The van der Waals surface area contributed by atoms with Crippen LogP contribution >= 0.6 is 11.8 Å². The molecule has 0 saturated carbocycles. The SMILES string of the molecule is Cc1nc(Sc2cc3c(cc2F)C(=O)C(=O)N3)oc1C. The zero-order chi connectivity index (χ0) is 14.4. The smallest absolute Gasteiger partial charge is 0.296 e. The third kappa shape index (κ3) is 2.00. The maximum Gasteiger partial charge on any atom is 0.296 e. The number of Topliss-reactive ketones (excluding diaryl/α,β-unsaturated/α-hetero) is 1. The minimum absolute atomic E-state index is 0.0524. The molecule has 0 bridgehead atoms. The number of aryl methyl sites for hydroxylation is 2. The molecular weight excluding hydrogens is 283 g/mol. The summed E-state index contributed by atoms with van der Waals surface area (Å²) in [4.78, 5) is 27.1. The number of nitrogens with one attached hydrogen (secondary N) is 1. The molecule has 1 aliphatic rings. The normalized spacial score (nSPS) is 13.6. The van der Waals surface area contributed by atoms with Crippen LogP contribution in [0.25, 0.3) is 0 Å². The third-order valence-corrected chi connectivity index (χ3v) is 3.86. The zero-order valence-corrected chi connectivity index (χ0v) is 11.4. The van der Waals surface area contributed by atoms with E-state index in [1.54, 1.807) is 13.8 Å². The van der Waals surface area contributed by atoms with E-state index in [0.717, 1.165) is 23.5 Å². The molecule has 20 heavy (non-hydrogen) atoms. The van der Waals surface area contributed by atoms with Gasteiger partial charge in [-0.15, -0.1) is 0 Å². The Morgan fingerprint density at radius 3 is 2.70 bits per heavy atom. The van der Waals surface area contributed by atoms with E-state index in [9.17, 15) is 14.0 Å². The van der Waals surface area contributed by atoms with E-state index >= 15 is 0 Å². The molecule has 7 heteroatoms.